The molecule has 3 aromatic rings. The number of aryl methyl sites for hydroxylation is 1. The Kier molecular flexibility index (Phi) is 3.28. The number of carbonyl (C=O) groups is 1. The van der Waals surface area contributed by atoms with Gasteiger partial charge >= 0.3 is 0 Å². The summed E-state index contributed by atoms with van der Waals surface area (Å²) in [7, 11) is 0. The van der Waals surface area contributed by atoms with Crippen molar-refractivity contribution in [3.05, 3.63) is 41.5 Å². The summed E-state index contributed by atoms with van der Waals surface area (Å²) in [5, 5.41) is 2.83. The van der Waals surface area contributed by atoms with Crippen LogP contribution in [0.5, 0.6) is 0 Å². The Labute approximate surface area is 121 Å². The number of rotatable bonds is 3. The minimum Gasteiger partial charge on any atom is -0.326 e. The van der Waals surface area contributed by atoms with Crippen molar-refractivity contribution in [2.45, 2.75) is 20.3 Å². The lowest BCUT2D eigenvalue weighted by Gasteiger charge is -2.07. The third-order valence-electron chi connectivity index (χ3n) is 3.10. The van der Waals surface area contributed by atoms with Crippen LogP contribution in [0.2, 0.25) is 0 Å². The van der Waals surface area contributed by atoms with Gasteiger partial charge in [0, 0.05) is 35.4 Å². The Hall–Kier alpha value is -2.14. The maximum absolute atomic E-state index is 11.2. The van der Waals surface area contributed by atoms with Crippen LogP contribution in [0.15, 0.2) is 36.7 Å². The Morgan fingerprint density at radius 3 is 3.05 bits per heavy atom. The van der Waals surface area contributed by atoms with Crippen LogP contribution >= 0.6 is 11.3 Å². The van der Waals surface area contributed by atoms with E-state index in [1.165, 1.54) is 11.8 Å². The molecule has 0 saturated carbocycles. The van der Waals surface area contributed by atoms with Gasteiger partial charge in [0.1, 0.15) is 0 Å². The molecule has 102 valence electrons. The highest BCUT2D eigenvalue weighted by Gasteiger charge is 2.13. The summed E-state index contributed by atoms with van der Waals surface area (Å²) in [6, 6.07) is 7.92. The molecule has 0 atom stereocenters. The van der Waals surface area contributed by atoms with Crippen molar-refractivity contribution in [2.24, 2.45) is 0 Å². The van der Waals surface area contributed by atoms with Crippen LogP contribution in [0.4, 0.5) is 5.69 Å². The highest BCUT2D eigenvalue weighted by Crippen LogP contribution is 2.32. The van der Waals surface area contributed by atoms with Crippen molar-refractivity contribution in [3.63, 3.8) is 0 Å². The molecule has 2 heterocycles. The van der Waals surface area contributed by atoms with Crippen molar-refractivity contribution in [1.29, 1.82) is 0 Å². The summed E-state index contributed by atoms with van der Waals surface area (Å²) >= 11 is 1.71. The second kappa shape index (κ2) is 5.09. The molecule has 0 aliphatic carbocycles. The van der Waals surface area contributed by atoms with Crippen LogP contribution in [0, 0.1) is 0 Å². The fourth-order valence-corrected chi connectivity index (χ4v) is 3.36. The van der Waals surface area contributed by atoms with Gasteiger partial charge in [0.05, 0.1) is 5.69 Å². The zero-order valence-corrected chi connectivity index (χ0v) is 12.2. The van der Waals surface area contributed by atoms with Crippen molar-refractivity contribution >= 4 is 27.9 Å². The van der Waals surface area contributed by atoms with Crippen molar-refractivity contribution in [1.82, 2.24) is 9.38 Å². The maximum Gasteiger partial charge on any atom is 0.221 e. The molecule has 0 unspecified atom stereocenters. The van der Waals surface area contributed by atoms with Gasteiger partial charge in [0.25, 0.3) is 0 Å². The average molecular weight is 285 g/mol. The van der Waals surface area contributed by atoms with Crippen LogP contribution in [0.1, 0.15) is 18.7 Å². The largest absolute Gasteiger partial charge is 0.326 e. The Morgan fingerprint density at radius 1 is 1.45 bits per heavy atom. The number of anilines is 1. The van der Waals surface area contributed by atoms with E-state index in [2.05, 4.69) is 27.7 Å². The van der Waals surface area contributed by atoms with E-state index >= 15 is 0 Å². The molecule has 0 spiro atoms. The van der Waals surface area contributed by atoms with E-state index in [-0.39, 0.29) is 5.91 Å². The summed E-state index contributed by atoms with van der Waals surface area (Å²) in [5.74, 6) is -0.0593. The van der Waals surface area contributed by atoms with Crippen LogP contribution in [-0.2, 0) is 11.2 Å². The van der Waals surface area contributed by atoms with Gasteiger partial charge in [-0.25, -0.2) is 4.98 Å². The molecule has 4 nitrogen and oxygen atoms in total. The average Bonchev–Trinajstić information content (AvgIpc) is 2.97. The van der Waals surface area contributed by atoms with E-state index < -0.39 is 0 Å². The van der Waals surface area contributed by atoms with Crippen molar-refractivity contribution in [2.75, 3.05) is 5.32 Å². The first-order valence-corrected chi connectivity index (χ1v) is 7.33. The molecule has 0 radical (unpaired) electrons. The second-order valence-electron chi connectivity index (χ2n) is 4.57. The van der Waals surface area contributed by atoms with Crippen LogP contribution in [0.3, 0.4) is 0 Å². The normalized spacial score (nSPS) is 10.9. The van der Waals surface area contributed by atoms with E-state index in [1.807, 2.05) is 30.6 Å². The number of amides is 1. The van der Waals surface area contributed by atoms with E-state index in [1.54, 1.807) is 11.3 Å². The highest BCUT2D eigenvalue weighted by molar-refractivity contribution is 7.17. The minimum absolute atomic E-state index is 0.0593. The third kappa shape index (κ3) is 2.20. The van der Waals surface area contributed by atoms with E-state index in [9.17, 15) is 4.79 Å². The van der Waals surface area contributed by atoms with Gasteiger partial charge < -0.3 is 5.32 Å². The van der Waals surface area contributed by atoms with Crippen LogP contribution < -0.4 is 5.32 Å². The molecule has 1 N–H and O–H groups in total. The predicted molar refractivity (Wildman–Crippen MR) is 82.2 cm³/mol. The molecular formula is C15H15N3OS. The summed E-state index contributed by atoms with van der Waals surface area (Å²) in [6.07, 6.45) is 4.76. The first-order chi connectivity index (χ1) is 9.69. The number of hydrogen-bond acceptors (Lipinski definition) is 3. The molecule has 20 heavy (non-hydrogen) atoms. The molecule has 2 aromatic heterocycles. The monoisotopic (exact) mass is 285 g/mol. The van der Waals surface area contributed by atoms with Gasteiger partial charge in [0.2, 0.25) is 5.91 Å². The molecule has 5 heteroatoms. The molecule has 0 bridgehead atoms. The predicted octanol–water partition coefficient (Wildman–Crippen LogP) is 3.58. The number of aromatic nitrogens is 2. The Balaban J connectivity index is 2.14. The number of thiazole rings is 1. The molecule has 0 fully saturated rings. The smallest absolute Gasteiger partial charge is 0.221 e. The van der Waals surface area contributed by atoms with E-state index in [4.69, 9.17) is 0 Å². The van der Waals surface area contributed by atoms with E-state index in [0.717, 1.165) is 28.3 Å². The second-order valence-corrected chi connectivity index (χ2v) is 5.63. The molecule has 3 rings (SSSR count). The number of carbonyl (C=O) groups excluding carboxylic acids is 1. The number of hydrogen-bond donors (Lipinski definition) is 1. The van der Waals surface area contributed by atoms with Gasteiger partial charge in [-0.05, 0) is 18.6 Å². The number of fused-ring (bicyclic) bond motifs is 1. The Morgan fingerprint density at radius 2 is 2.30 bits per heavy atom. The molecule has 1 aromatic carbocycles. The van der Waals surface area contributed by atoms with Crippen molar-refractivity contribution in [3.8, 4) is 11.3 Å². The zero-order valence-electron chi connectivity index (χ0n) is 11.4. The van der Waals surface area contributed by atoms with E-state index in [0.29, 0.717) is 0 Å². The SMILES string of the molecule is CCc1sc2nccn2c1-c1cccc(NC(C)=O)c1. The minimum atomic E-state index is -0.0593. The molecular weight excluding hydrogens is 270 g/mol. The van der Waals surface area contributed by atoms with Crippen LogP contribution in [0.25, 0.3) is 16.2 Å². The fourth-order valence-electron chi connectivity index (χ4n) is 2.32. The molecule has 1 amide bonds. The van der Waals surface area contributed by atoms with Gasteiger partial charge in [0.15, 0.2) is 4.96 Å². The molecule has 0 aliphatic heterocycles. The first-order valence-electron chi connectivity index (χ1n) is 6.51. The lowest BCUT2D eigenvalue weighted by atomic mass is 10.1. The van der Waals surface area contributed by atoms with Gasteiger partial charge in [-0.2, -0.15) is 0 Å². The van der Waals surface area contributed by atoms with Gasteiger partial charge in [-0.3, -0.25) is 9.20 Å². The number of benzene rings is 1. The summed E-state index contributed by atoms with van der Waals surface area (Å²) < 4.78 is 2.11. The van der Waals surface area contributed by atoms with Crippen molar-refractivity contribution < 1.29 is 4.79 Å². The summed E-state index contributed by atoms with van der Waals surface area (Å²) in [4.78, 5) is 17.8. The Bertz CT molecular complexity index is 772. The quantitative estimate of drug-likeness (QED) is 0.799. The lowest BCUT2D eigenvalue weighted by molar-refractivity contribution is -0.114. The maximum atomic E-state index is 11.2. The van der Waals surface area contributed by atoms with Gasteiger partial charge in [-0.15, -0.1) is 11.3 Å². The summed E-state index contributed by atoms with van der Waals surface area (Å²) in [6.45, 7) is 3.66. The number of nitrogens with one attached hydrogen (secondary N) is 1. The standard InChI is InChI=1S/C15H15N3OS/c1-3-13-14(18-8-7-16-15(18)20-13)11-5-4-6-12(9-11)17-10(2)19/h4-9H,3H2,1-2H3,(H,17,19). The van der Waals surface area contributed by atoms with Crippen LogP contribution in [-0.4, -0.2) is 15.3 Å². The number of nitrogens with zero attached hydrogens (tertiary/aromatic N) is 2. The fraction of sp³-hybridized carbons (Fsp3) is 0.200. The van der Waals surface area contributed by atoms with Gasteiger partial charge in [-0.1, -0.05) is 19.1 Å². The lowest BCUT2D eigenvalue weighted by Crippen LogP contribution is -2.05. The zero-order chi connectivity index (χ0) is 14.1. The molecule has 0 saturated heterocycles. The molecule has 0 aliphatic rings. The highest BCUT2D eigenvalue weighted by atomic mass is 32.1. The first kappa shape index (κ1) is 12.9. The summed E-state index contributed by atoms with van der Waals surface area (Å²) in [5.41, 5.74) is 3.08. The third-order valence-corrected chi connectivity index (χ3v) is 4.32. The number of imidazole rings is 1. The topological polar surface area (TPSA) is 46.4 Å².